The number of carbonyl (C=O) groups excluding carboxylic acids is 1. The maximum atomic E-state index is 13.5. The molecule has 0 bridgehead atoms. The van der Waals surface area contributed by atoms with Crippen LogP contribution >= 0.6 is 34.5 Å². The van der Waals surface area contributed by atoms with Crippen molar-refractivity contribution in [2.24, 2.45) is 0 Å². The SMILES string of the molecule is CCN(CC)Cc1nc2sc(C)c(C)c2c(=O)n1C(C)C(=O)Nc1cc(Cl)ccc1Cl. The molecule has 1 atom stereocenters. The Bertz CT molecular complexity index is 1180. The van der Waals surface area contributed by atoms with E-state index in [1.54, 1.807) is 25.1 Å². The van der Waals surface area contributed by atoms with Crippen LogP contribution in [0.5, 0.6) is 0 Å². The summed E-state index contributed by atoms with van der Waals surface area (Å²) in [6.07, 6.45) is 0. The molecule has 0 fully saturated rings. The summed E-state index contributed by atoms with van der Waals surface area (Å²) in [6.45, 7) is 11.8. The van der Waals surface area contributed by atoms with Gasteiger partial charge in [-0.3, -0.25) is 19.1 Å². The Kier molecular flexibility index (Phi) is 7.42. The van der Waals surface area contributed by atoms with E-state index in [4.69, 9.17) is 28.2 Å². The number of rotatable bonds is 7. The zero-order valence-electron chi connectivity index (χ0n) is 18.3. The smallest absolute Gasteiger partial charge is 0.263 e. The maximum Gasteiger partial charge on any atom is 0.263 e. The maximum absolute atomic E-state index is 13.5. The fourth-order valence-electron chi connectivity index (χ4n) is 3.45. The summed E-state index contributed by atoms with van der Waals surface area (Å²) in [6, 6.07) is 4.06. The molecule has 6 nitrogen and oxygen atoms in total. The Balaban J connectivity index is 2.10. The van der Waals surface area contributed by atoms with Crippen LogP contribution in [0.25, 0.3) is 10.2 Å². The van der Waals surface area contributed by atoms with Crippen molar-refractivity contribution in [3.8, 4) is 0 Å². The number of nitrogens with zero attached hydrogens (tertiary/aromatic N) is 3. The van der Waals surface area contributed by atoms with Gasteiger partial charge in [-0.25, -0.2) is 4.98 Å². The van der Waals surface area contributed by atoms with Gasteiger partial charge in [-0.2, -0.15) is 0 Å². The first kappa shape index (κ1) is 23.7. The van der Waals surface area contributed by atoms with Crippen LogP contribution in [0.15, 0.2) is 23.0 Å². The van der Waals surface area contributed by atoms with Crippen molar-refractivity contribution in [3.05, 3.63) is 54.9 Å². The van der Waals surface area contributed by atoms with E-state index in [2.05, 4.69) is 24.1 Å². The lowest BCUT2D eigenvalue weighted by atomic mass is 10.2. The van der Waals surface area contributed by atoms with E-state index in [0.717, 1.165) is 23.5 Å². The molecule has 2 aromatic heterocycles. The Morgan fingerprint density at radius 1 is 1.26 bits per heavy atom. The van der Waals surface area contributed by atoms with Crippen molar-refractivity contribution in [2.45, 2.75) is 47.2 Å². The fraction of sp³-hybridized carbons (Fsp3) is 0.409. The normalized spacial score (nSPS) is 12.5. The molecule has 166 valence electrons. The van der Waals surface area contributed by atoms with E-state index in [1.807, 2.05) is 13.8 Å². The number of halogens is 2. The van der Waals surface area contributed by atoms with Gasteiger partial charge in [0.25, 0.3) is 5.56 Å². The van der Waals surface area contributed by atoms with Gasteiger partial charge >= 0.3 is 0 Å². The number of amides is 1. The van der Waals surface area contributed by atoms with Gasteiger partial charge in [0.15, 0.2) is 0 Å². The second kappa shape index (κ2) is 9.69. The van der Waals surface area contributed by atoms with Crippen molar-refractivity contribution in [3.63, 3.8) is 0 Å². The number of fused-ring (bicyclic) bond motifs is 1. The molecule has 0 spiro atoms. The van der Waals surface area contributed by atoms with Crippen molar-refractivity contribution in [2.75, 3.05) is 18.4 Å². The first-order chi connectivity index (χ1) is 14.7. The zero-order chi connectivity index (χ0) is 22.9. The topological polar surface area (TPSA) is 67.2 Å². The molecular weight excluding hydrogens is 455 g/mol. The highest BCUT2D eigenvalue weighted by atomic mass is 35.5. The lowest BCUT2D eigenvalue weighted by Crippen LogP contribution is -2.37. The number of hydrogen-bond donors (Lipinski definition) is 1. The van der Waals surface area contributed by atoms with Crippen molar-refractivity contribution < 1.29 is 4.79 Å². The molecule has 1 N–H and O–H groups in total. The molecular formula is C22H26Cl2N4O2S. The van der Waals surface area contributed by atoms with E-state index in [-0.39, 0.29) is 11.5 Å². The van der Waals surface area contributed by atoms with E-state index in [0.29, 0.717) is 38.3 Å². The highest BCUT2D eigenvalue weighted by Crippen LogP contribution is 2.29. The lowest BCUT2D eigenvalue weighted by Gasteiger charge is -2.23. The van der Waals surface area contributed by atoms with E-state index in [1.165, 1.54) is 15.9 Å². The molecule has 31 heavy (non-hydrogen) atoms. The van der Waals surface area contributed by atoms with Gasteiger partial charge in [0.05, 0.1) is 22.6 Å². The first-order valence-electron chi connectivity index (χ1n) is 10.2. The number of nitrogens with one attached hydrogen (secondary N) is 1. The standard InChI is InChI=1S/C22H26Cl2N4O2S/c1-6-27(7-2)11-18-26-21-19(12(3)14(5)31-21)22(30)28(18)13(4)20(29)25-17-10-15(23)8-9-16(17)24/h8-10,13H,6-7,11H2,1-5H3,(H,25,29). The lowest BCUT2D eigenvalue weighted by molar-refractivity contribution is -0.119. The van der Waals surface area contributed by atoms with Crippen LogP contribution in [-0.4, -0.2) is 33.4 Å². The second-order valence-electron chi connectivity index (χ2n) is 7.42. The molecule has 0 aliphatic carbocycles. The van der Waals surface area contributed by atoms with Gasteiger partial charge in [0.2, 0.25) is 5.91 Å². The average Bonchev–Trinajstić information content (AvgIpc) is 3.02. The third kappa shape index (κ3) is 4.80. The minimum absolute atomic E-state index is 0.200. The van der Waals surface area contributed by atoms with Crippen LogP contribution in [0.1, 0.15) is 43.1 Å². The second-order valence-corrected chi connectivity index (χ2v) is 9.46. The van der Waals surface area contributed by atoms with Crippen LogP contribution < -0.4 is 10.9 Å². The summed E-state index contributed by atoms with van der Waals surface area (Å²) in [7, 11) is 0. The van der Waals surface area contributed by atoms with Gasteiger partial charge in [-0.1, -0.05) is 37.0 Å². The van der Waals surface area contributed by atoms with Crippen LogP contribution in [-0.2, 0) is 11.3 Å². The first-order valence-corrected chi connectivity index (χ1v) is 11.7. The van der Waals surface area contributed by atoms with Crippen LogP contribution in [0, 0.1) is 13.8 Å². The number of aromatic nitrogens is 2. The number of benzene rings is 1. The summed E-state index contributed by atoms with van der Waals surface area (Å²) >= 11 is 13.8. The fourth-order valence-corrected chi connectivity index (χ4v) is 4.83. The predicted octanol–water partition coefficient (Wildman–Crippen LogP) is 5.42. The van der Waals surface area contributed by atoms with Crippen molar-refractivity contribution in [1.82, 2.24) is 14.5 Å². The Morgan fingerprint density at radius 3 is 2.58 bits per heavy atom. The van der Waals surface area contributed by atoms with Crippen molar-refractivity contribution >= 4 is 56.3 Å². The van der Waals surface area contributed by atoms with Gasteiger partial charge in [0.1, 0.15) is 16.7 Å². The Morgan fingerprint density at radius 2 is 1.94 bits per heavy atom. The number of carbonyl (C=O) groups is 1. The summed E-state index contributed by atoms with van der Waals surface area (Å²) in [5.41, 5.74) is 1.11. The minimum Gasteiger partial charge on any atom is -0.323 e. The van der Waals surface area contributed by atoms with Crippen LogP contribution in [0.2, 0.25) is 10.0 Å². The van der Waals surface area contributed by atoms with Crippen LogP contribution in [0.4, 0.5) is 5.69 Å². The largest absolute Gasteiger partial charge is 0.323 e. The molecule has 1 amide bonds. The molecule has 3 aromatic rings. The van der Waals surface area contributed by atoms with Gasteiger partial charge in [-0.15, -0.1) is 11.3 Å². The molecule has 0 aliphatic rings. The quantitative estimate of drug-likeness (QED) is 0.489. The van der Waals surface area contributed by atoms with Gasteiger partial charge in [0, 0.05) is 9.90 Å². The van der Waals surface area contributed by atoms with Crippen LogP contribution in [0.3, 0.4) is 0 Å². The molecule has 1 unspecified atom stereocenters. The Labute approximate surface area is 195 Å². The third-order valence-corrected chi connectivity index (χ3v) is 7.19. The number of aryl methyl sites for hydroxylation is 2. The number of thiophene rings is 1. The van der Waals surface area contributed by atoms with E-state index >= 15 is 0 Å². The number of anilines is 1. The molecule has 0 radical (unpaired) electrons. The molecule has 0 saturated heterocycles. The summed E-state index contributed by atoms with van der Waals surface area (Å²) in [4.78, 5) is 35.4. The molecule has 0 saturated carbocycles. The molecule has 2 heterocycles. The van der Waals surface area contributed by atoms with E-state index in [9.17, 15) is 9.59 Å². The molecule has 9 heteroatoms. The summed E-state index contributed by atoms with van der Waals surface area (Å²) in [5, 5.41) is 4.21. The van der Waals surface area contributed by atoms with Gasteiger partial charge in [-0.05, 0) is 57.6 Å². The highest BCUT2D eigenvalue weighted by molar-refractivity contribution is 7.18. The average molecular weight is 481 g/mol. The zero-order valence-corrected chi connectivity index (χ0v) is 20.6. The number of hydrogen-bond acceptors (Lipinski definition) is 5. The predicted molar refractivity (Wildman–Crippen MR) is 130 cm³/mol. The highest BCUT2D eigenvalue weighted by Gasteiger charge is 2.25. The summed E-state index contributed by atoms with van der Waals surface area (Å²) < 4.78 is 1.51. The minimum atomic E-state index is -0.787. The van der Waals surface area contributed by atoms with Gasteiger partial charge < -0.3 is 5.32 Å². The van der Waals surface area contributed by atoms with Crippen molar-refractivity contribution in [1.29, 1.82) is 0 Å². The third-order valence-electron chi connectivity index (χ3n) is 5.52. The summed E-state index contributed by atoms with van der Waals surface area (Å²) in [5.74, 6) is 0.208. The van der Waals surface area contributed by atoms with E-state index < -0.39 is 6.04 Å². The monoisotopic (exact) mass is 480 g/mol. The Hall–Kier alpha value is -1.93. The molecule has 0 aliphatic heterocycles. The molecule has 3 rings (SSSR count). The molecule has 1 aromatic carbocycles.